The van der Waals surface area contributed by atoms with Crippen molar-refractivity contribution in [3.8, 4) is 0 Å². The van der Waals surface area contributed by atoms with Crippen LogP contribution in [0.1, 0.15) is 18.1 Å². The summed E-state index contributed by atoms with van der Waals surface area (Å²) in [5, 5.41) is 11.7. The van der Waals surface area contributed by atoms with Crippen molar-refractivity contribution in [3.63, 3.8) is 0 Å². The lowest BCUT2D eigenvalue weighted by Gasteiger charge is -2.22. The molecule has 0 N–H and O–H groups in total. The van der Waals surface area contributed by atoms with Crippen LogP contribution in [0.3, 0.4) is 0 Å². The number of nitrogens with zero attached hydrogens (tertiary/aromatic N) is 3. The molecule has 2 aromatic carbocycles. The standard InChI is InChI=1S/C19H16ClN3O5/c1-2-28-18(25)11-22-16-8-7-12(23(26)27)9-14(16)19(21-10-17(22)24)13-5-3-4-6-15(13)20/h3-9H,2,10-11H2,1H3. The number of nitro benzene ring substituents is 1. The molecule has 3 rings (SSSR count). The molecule has 9 heteroatoms. The van der Waals surface area contributed by atoms with Gasteiger partial charge in [-0.1, -0.05) is 29.8 Å². The molecule has 0 aliphatic carbocycles. The maximum absolute atomic E-state index is 12.6. The Morgan fingerprint density at radius 1 is 1.29 bits per heavy atom. The van der Waals surface area contributed by atoms with Crippen LogP contribution in [0, 0.1) is 10.1 Å². The zero-order valence-corrected chi connectivity index (χ0v) is 15.7. The minimum atomic E-state index is -0.582. The van der Waals surface area contributed by atoms with Crippen LogP contribution in [0.15, 0.2) is 47.5 Å². The molecule has 0 unspecified atom stereocenters. The molecule has 0 radical (unpaired) electrons. The van der Waals surface area contributed by atoms with Gasteiger partial charge in [0.05, 0.1) is 22.9 Å². The third kappa shape index (κ3) is 3.86. The number of benzene rings is 2. The van der Waals surface area contributed by atoms with Crippen molar-refractivity contribution in [1.82, 2.24) is 0 Å². The maximum atomic E-state index is 12.6. The van der Waals surface area contributed by atoms with Gasteiger partial charge in [-0.05, 0) is 19.1 Å². The molecule has 0 bridgehead atoms. The molecule has 1 aliphatic heterocycles. The second-order valence-corrected chi connectivity index (χ2v) is 6.30. The molecule has 0 spiro atoms. The van der Waals surface area contributed by atoms with Crippen molar-refractivity contribution in [3.05, 3.63) is 68.7 Å². The van der Waals surface area contributed by atoms with Crippen LogP contribution in [0.4, 0.5) is 11.4 Å². The van der Waals surface area contributed by atoms with Crippen LogP contribution in [0.25, 0.3) is 0 Å². The lowest BCUT2D eigenvalue weighted by atomic mass is 9.99. The Bertz CT molecular complexity index is 989. The second-order valence-electron chi connectivity index (χ2n) is 5.89. The molecular formula is C19H16ClN3O5. The van der Waals surface area contributed by atoms with E-state index in [1.54, 1.807) is 31.2 Å². The number of nitro groups is 1. The quantitative estimate of drug-likeness (QED) is 0.435. The number of hydrogen-bond acceptors (Lipinski definition) is 6. The Labute approximate surface area is 165 Å². The minimum absolute atomic E-state index is 0.163. The Morgan fingerprint density at radius 3 is 2.71 bits per heavy atom. The van der Waals surface area contributed by atoms with E-state index in [1.165, 1.54) is 23.1 Å². The zero-order chi connectivity index (χ0) is 20.3. The summed E-state index contributed by atoms with van der Waals surface area (Å²) in [6, 6.07) is 10.9. The number of halogens is 1. The van der Waals surface area contributed by atoms with E-state index in [0.717, 1.165) is 0 Å². The molecule has 1 heterocycles. The molecule has 1 amide bonds. The van der Waals surface area contributed by atoms with Gasteiger partial charge in [-0.25, -0.2) is 0 Å². The molecule has 0 aromatic heterocycles. The van der Waals surface area contributed by atoms with Crippen molar-refractivity contribution >= 4 is 40.6 Å². The van der Waals surface area contributed by atoms with Gasteiger partial charge in [0, 0.05) is 28.3 Å². The average Bonchev–Trinajstić information content (AvgIpc) is 2.79. The van der Waals surface area contributed by atoms with Gasteiger partial charge in [0.15, 0.2) is 0 Å². The van der Waals surface area contributed by atoms with Gasteiger partial charge in [0.2, 0.25) is 5.91 Å². The molecule has 0 saturated heterocycles. The van der Waals surface area contributed by atoms with Crippen molar-refractivity contribution in [2.75, 3.05) is 24.6 Å². The van der Waals surface area contributed by atoms with E-state index >= 15 is 0 Å². The van der Waals surface area contributed by atoms with E-state index in [-0.39, 0.29) is 25.4 Å². The topological polar surface area (TPSA) is 102 Å². The van der Waals surface area contributed by atoms with E-state index < -0.39 is 16.8 Å². The highest BCUT2D eigenvalue weighted by Gasteiger charge is 2.29. The number of non-ortho nitro benzene ring substituents is 1. The van der Waals surface area contributed by atoms with Crippen LogP contribution < -0.4 is 4.90 Å². The van der Waals surface area contributed by atoms with E-state index in [2.05, 4.69) is 4.99 Å². The summed E-state index contributed by atoms with van der Waals surface area (Å²) in [7, 11) is 0. The van der Waals surface area contributed by atoms with Crippen molar-refractivity contribution in [1.29, 1.82) is 0 Å². The first kappa shape index (κ1) is 19.5. The van der Waals surface area contributed by atoms with Crippen LogP contribution in [-0.2, 0) is 14.3 Å². The third-order valence-corrected chi connectivity index (χ3v) is 4.46. The fourth-order valence-corrected chi connectivity index (χ4v) is 3.13. The second kappa shape index (κ2) is 8.18. The van der Waals surface area contributed by atoms with Crippen molar-refractivity contribution < 1.29 is 19.2 Å². The molecule has 0 atom stereocenters. The monoisotopic (exact) mass is 401 g/mol. The molecule has 8 nitrogen and oxygen atoms in total. The van der Waals surface area contributed by atoms with Crippen molar-refractivity contribution in [2.24, 2.45) is 4.99 Å². The van der Waals surface area contributed by atoms with Crippen LogP contribution in [0.5, 0.6) is 0 Å². The third-order valence-electron chi connectivity index (χ3n) is 4.13. The summed E-state index contributed by atoms with van der Waals surface area (Å²) < 4.78 is 4.94. The van der Waals surface area contributed by atoms with E-state index in [4.69, 9.17) is 16.3 Å². The number of rotatable bonds is 5. The summed E-state index contributed by atoms with van der Waals surface area (Å²) in [6.45, 7) is 1.29. The molecule has 0 fully saturated rings. The average molecular weight is 402 g/mol. The predicted molar refractivity (Wildman–Crippen MR) is 104 cm³/mol. The largest absolute Gasteiger partial charge is 0.465 e. The number of hydrogen-bond donors (Lipinski definition) is 0. The van der Waals surface area contributed by atoms with E-state index in [9.17, 15) is 19.7 Å². The number of carbonyl (C=O) groups excluding carboxylic acids is 2. The van der Waals surface area contributed by atoms with Gasteiger partial charge in [0.1, 0.15) is 13.1 Å². The fourth-order valence-electron chi connectivity index (χ4n) is 2.91. The van der Waals surface area contributed by atoms with Crippen LogP contribution in [0.2, 0.25) is 5.02 Å². The zero-order valence-electron chi connectivity index (χ0n) is 14.9. The Morgan fingerprint density at radius 2 is 2.04 bits per heavy atom. The first-order chi connectivity index (χ1) is 13.4. The minimum Gasteiger partial charge on any atom is -0.465 e. The normalized spacial score (nSPS) is 13.4. The van der Waals surface area contributed by atoms with Gasteiger partial charge in [0.25, 0.3) is 5.69 Å². The smallest absolute Gasteiger partial charge is 0.326 e. The van der Waals surface area contributed by atoms with Crippen molar-refractivity contribution in [2.45, 2.75) is 6.92 Å². The lowest BCUT2D eigenvalue weighted by molar-refractivity contribution is -0.384. The van der Waals surface area contributed by atoms with E-state index in [1.807, 2.05) is 0 Å². The number of benzodiazepines with no additional fused rings is 1. The highest BCUT2D eigenvalue weighted by molar-refractivity contribution is 6.36. The summed E-state index contributed by atoms with van der Waals surface area (Å²) in [5.74, 6) is -1.01. The number of anilines is 1. The summed E-state index contributed by atoms with van der Waals surface area (Å²) >= 11 is 6.29. The van der Waals surface area contributed by atoms with Gasteiger partial charge < -0.3 is 4.74 Å². The number of carbonyl (C=O) groups is 2. The molecule has 0 saturated carbocycles. The number of amides is 1. The van der Waals surface area contributed by atoms with Crippen LogP contribution in [-0.4, -0.2) is 42.2 Å². The van der Waals surface area contributed by atoms with Gasteiger partial charge in [-0.15, -0.1) is 0 Å². The van der Waals surface area contributed by atoms with Crippen LogP contribution >= 0.6 is 11.6 Å². The predicted octanol–water partition coefficient (Wildman–Crippen LogP) is 3.00. The van der Waals surface area contributed by atoms with Gasteiger partial charge in [-0.3, -0.25) is 29.6 Å². The Kier molecular flexibility index (Phi) is 5.70. The molecule has 28 heavy (non-hydrogen) atoms. The maximum Gasteiger partial charge on any atom is 0.326 e. The molecule has 1 aliphatic rings. The summed E-state index contributed by atoms with van der Waals surface area (Å²) in [5.41, 5.74) is 1.40. The molecule has 2 aromatic rings. The number of esters is 1. The van der Waals surface area contributed by atoms with Gasteiger partial charge >= 0.3 is 5.97 Å². The molecular weight excluding hydrogens is 386 g/mol. The van der Waals surface area contributed by atoms with E-state index in [0.29, 0.717) is 27.5 Å². The van der Waals surface area contributed by atoms with Gasteiger partial charge in [-0.2, -0.15) is 0 Å². The highest BCUT2D eigenvalue weighted by atomic mass is 35.5. The first-order valence-electron chi connectivity index (χ1n) is 8.46. The SMILES string of the molecule is CCOC(=O)CN1C(=O)CN=C(c2ccccc2Cl)c2cc([N+](=O)[O-])ccc21. The first-order valence-corrected chi connectivity index (χ1v) is 8.84. The fraction of sp³-hybridized carbons (Fsp3) is 0.211. The highest BCUT2D eigenvalue weighted by Crippen LogP contribution is 2.32. The summed E-state index contributed by atoms with van der Waals surface area (Å²) in [4.78, 5) is 40.9. The Hall–Kier alpha value is -3.26. The summed E-state index contributed by atoms with van der Waals surface area (Å²) in [6.07, 6.45) is 0. The number of fused-ring (bicyclic) bond motifs is 1. The number of ether oxygens (including phenoxy) is 1. The molecule has 144 valence electrons. The Balaban J connectivity index is 2.17. The number of aliphatic imine (C=N–C) groups is 1. The lowest BCUT2D eigenvalue weighted by Crippen LogP contribution is -2.37.